The standard InChI is InChI=1S/C44H87NO4.C28H55NO4.C22H43NO4/c1-3-5-7-9-11-13-15-17-19-21-25-29-33-37-41-48-43(46)39-35-31-27-23-24-28-32-36-40-45-44(47)49-42-38-34-30-26-22-20-18-16-14-12-10-8-6-4-2;1-2-3-4-5-6-7-8-9-10-11-14-17-20-23-26-33-28(32)29-25-22-19-16-13-12-15-18-21-24-27(30)31;1-2-3-4-5-6-11-14-17-20-27-22(26)23-19-16-13-10-8-7-9-12-15-18-21(24)25/h3-42H2,1-2H3,(H,45,47);2-26H2,1H3,(H,29,32)(H,30,31);2-20H2,1H3,(H,23,26)(H,24,25). The summed E-state index contributed by atoms with van der Waals surface area (Å²) in [6, 6.07) is 0. The first-order valence-corrected chi connectivity index (χ1v) is 47.8. The molecule has 0 aliphatic carbocycles. The van der Waals surface area contributed by atoms with Crippen molar-refractivity contribution in [3.05, 3.63) is 0 Å². The zero-order valence-electron chi connectivity index (χ0n) is 72.9. The van der Waals surface area contributed by atoms with Crippen LogP contribution < -0.4 is 16.0 Å². The molecule has 0 radical (unpaired) electrons. The summed E-state index contributed by atoms with van der Waals surface area (Å²) in [7, 11) is 0. The molecule has 0 aromatic rings. The fourth-order valence-electron chi connectivity index (χ4n) is 14.0. The Morgan fingerprint density at radius 3 is 0.514 bits per heavy atom. The Morgan fingerprint density at radius 1 is 0.183 bits per heavy atom. The molecule has 5 N–H and O–H groups in total. The number of hydrogen-bond acceptors (Lipinski definition) is 10. The maximum absolute atomic E-state index is 12.0. The van der Waals surface area contributed by atoms with Crippen molar-refractivity contribution in [1.29, 1.82) is 0 Å². The van der Waals surface area contributed by atoms with Crippen LogP contribution in [-0.2, 0) is 33.3 Å². The minimum Gasteiger partial charge on any atom is -0.481 e. The normalized spacial score (nSPS) is 11.0. The number of carbonyl (C=O) groups is 6. The van der Waals surface area contributed by atoms with Crippen molar-refractivity contribution >= 4 is 36.2 Å². The lowest BCUT2D eigenvalue weighted by Crippen LogP contribution is -2.25. The van der Waals surface area contributed by atoms with Crippen LogP contribution in [0.2, 0.25) is 0 Å². The monoisotopic (exact) mass is 1550 g/mol. The lowest BCUT2D eigenvalue weighted by molar-refractivity contribution is -0.144. The van der Waals surface area contributed by atoms with Crippen LogP contribution in [0.5, 0.6) is 0 Å². The highest BCUT2D eigenvalue weighted by atomic mass is 16.6. The Labute approximate surface area is 674 Å². The van der Waals surface area contributed by atoms with Crippen LogP contribution in [-0.4, -0.2) is 92.5 Å². The van der Waals surface area contributed by atoms with Crippen LogP contribution in [0.1, 0.15) is 522 Å². The smallest absolute Gasteiger partial charge is 0.407 e. The number of unbranched alkanes of at least 4 members (excludes halogenated alkanes) is 67. The van der Waals surface area contributed by atoms with E-state index in [1.807, 2.05) is 0 Å². The highest BCUT2D eigenvalue weighted by Gasteiger charge is 2.08. The number of ether oxygens (including phenoxy) is 4. The molecule has 0 aliphatic heterocycles. The molecule has 0 unspecified atom stereocenters. The number of rotatable bonds is 87. The van der Waals surface area contributed by atoms with Gasteiger partial charge in [0.25, 0.3) is 0 Å². The molecule has 648 valence electrons. The predicted octanol–water partition coefficient (Wildman–Crippen LogP) is 30.0. The van der Waals surface area contributed by atoms with E-state index < -0.39 is 11.9 Å². The molecule has 109 heavy (non-hydrogen) atoms. The number of carbonyl (C=O) groups excluding carboxylic acids is 4. The topological polar surface area (TPSA) is 216 Å². The third kappa shape index (κ3) is 108. The first-order valence-electron chi connectivity index (χ1n) is 47.8. The molecule has 0 atom stereocenters. The minimum atomic E-state index is -0.696. The number of aliphatic carboxylic acids is 2. The van der Waals surface area contributed by atoms with Gasteiger partial charge < -0.3 is 45.1 Å². The van der Waals surface area contributed by atoms with Gasteiger partial charge in [0.05, 0.1) is 26.4 Å². The lowest BCUT2D eigenvalue weighted by Gasteiger charge is -2.07. The molecular weight excluding hydrogens is 1360 g/mol. The minimum absolute atomic E-state index is 0.0136. The van der Waals surface area contributed by atoms with Crippen molar-refractivity contribution in [3.8, 4) is 0 Å². The van der Waals surface area contributed by atoms with Crippen molar-refractivity contribution < 1.29 is 57.9 Å². The van der Waals surface area contributed by atoms with E-state index in [0.29, 0.717) is 65.3 Å². The van der Waals surface area contributed by atoms with Crippen LogP contribution in [0.15, 0.2) is 0 Å². The van der Waals surface area contributed by atoms with Crippen LogP contribution in [0, 0.1) is 0 Å². The van der Waals surface area contributed by atoms with Gasteiger partial charge in [-0.15, -0.1) is 0 Å². The van der Waals surface area contributed by atoms with E-state index in [9.17, 15) is 28.8 Å². The SMILES string of the molecule is CCCCCCCCCCCCCCCCOC(=O)CCCCCCCCCCNC(=O)OCCCCCCCCCCCCCCCC.CCCCCCCCCCCCCCCCOC(=O)NCCCCCCCCCCC(=O)O.CCCCCCCCCCOC(=O)NCCCCCCCCCCC(=O)O. The maximum Gasteiger partial charge on any atom is 0.407 e. The zero-order chi connectivity index (χ0) is 79.8. The number of amides is 3. The maximum atomic E-state index is 12.0. The van der Waals surface area contributed by atoms with Gasteiger partial charge in [-0.1, -0.05) is 439 Å². The van der Waals surface area contributed by atoms with Crippen molar-refractivity contribution in [2.45, 2.75) is 522 Å². The summed E-state index contributed by atoms with van der Waals surface area (Å²) in [4.78, 5) is 67.9. The van der Waals surface area contributed by atoms with Gasteiger partial charge in [0, 0.05) is 38.9 Å². The Bertz CT molecular complexity index is 1770. The second-order valence-corrected chi connectivity index (χ2v) is 32.2. The molecule has 0 heterocycles. The summed E-state index contributed by atoms with van der Waals surface area (Å²) in [5, 5.41) is 25.7. The van der Waals surface area contributed by atoms with E-state index in [4.69, 9.17) is 29.2 Å². The molecule has 0 saturated carbocycles. The van der Waals surface area contributed by atoms with E-state index in [1.165, 1.54) is 340 Å². The molecule has 15 nitrogen and oxygen atoms in total. The average Bonchev–Trinajstić information content (AvgIpc) is 1.96. The van der Waals surface area contributed by atoms with Crippen LogP contribution in [0.4, 0.5) is 14.4 Å². The molecule has 0 aliphatic rings. The average molecular weight is 1550 g/mol. The van der Waals surface area contributed by atoms with Crippen molar-refractivity contribution in [1.82, 2.24) is 16.0 Å². The van der Waals surface area contributed by atoms with Crippen molar-refractivity contribution in [2.75, 3.05) is 46.1 Å². The van der Waals surface area contributed by atoms with E-state index >= 15 is 0 Å². The highest BCUT2D eigenvalue weighted by Crippen LogP contribution is 2.19. The van der Waals surface area contributed by atoms with Gasteiger partial charge >= 0.3 is 36.2 Å². The van der Waals surface area contributed by atoms with Gasteiger partial charge in [-0.2, -0.15) is 0 Å². The molecule has 3 amide bonds. The Kier molecular flexibility index (Phi) is 101. The van der Waals surface area contributed by atoms with E-state index in [2.05, 4.69) is 43.6 Å². The lowest BCUT2D eigenvalue weighted by atomic mass is 10.0. The summed E-state index contributed by atoms with van der Waals surface area (Å²) in [5.41, 5.74) is 0. The molecule has 0 aromatic carbocycles. The number of hydrogen-bond donors (Lipinski definition) is 5. The summed E-state index contributed by atoms with van der Waals surface area (Å²) in [5.74, 6) is -1.40. The number of esters is 1. The van der Waals surface area contributed by atoms with Crippen LogP contribution >= 0.6 is 0 Å². The molecule has 0 spiro atoms. The fourth-order valence-corrected chi connectivity index (χ4v) is 14.0. The second kappa shape index (κ2) is 100. The number of nitrogens with one attached hydrogen (secondary N) is 3. The molecule has 0 aromatic heterocycles. The molecule has 0 fully saturated rings. The van der Waals surface area contributed by atoms with E-state index in [1.54, 1.807) is 0 Å². The number of alkyl carbamates (subject to hydrolysis) is 3. The van der Waals surface area contributed by atoms with Gasteiger partial charge in [-0.05, 0) is 64.2 Å². The van der Waals surface area contributed by atoms with E-state index in [-0.39, 0.29) is 24.2 Å². The second-order valence-electron chi connectivity index (χ2n) is 32.2. The number of carboxylic acids is 2. The fraction of sp³-hybridized carbons (Fsp3) is 0.936. The Morgan fingerprint density at radius 2 is 0.330 bits per heavy atom. The first-order chi connectivity index (χ1) is 53.5. The van der Waals surface area contributed by atoms with E-state index in [0.717, 1.165) is 135 Å². The third-order valence-corrected chi connectivity index (χ3v) is 21.2. The third-order valence-electron chi connectivity index (χ3n) is 21.2. The zero-order valence-corrected chi connectivity index (χ0v) is 72.9. The van der Waals surface area contributed by atoms with Gasteiger partial charge in [0.2, 0.25) is 0 Å². The van der Waals surface area contributed by atoms with Gasteiger partial charge in [-0.25, -0.2) is 14.4 Å². The quantitative estimate of drug-likeness (QED) is 0.0218. The summed E-state index contributed by atoms with van der Waals surface area (Å²) in [6.07, 6.45) is 92.7. The molecular formula is C94H185N3O12. The van der Waals surface area contributed by atoms with Gasteiger partial charge in [0.1, 0.15) is 0 Å². The molecule has 0 rings (SSSR count). The Hall–Kier alpha value is -3.78. The summed E-state index contributed by atoms with van der Waals surface area (Å²) in [6.45, 7) is 13.4. The molecule has 0 bridgehead atoms. The summed E-state index contributed by atoms with van der Waals surface area (Å²) < 4.78 is 21.2. The first kappa shape index (κ1) is 109. The Balaban J connectivity index is -0.00000163. The van der Waals surface area contributed by atoms with Crippen molar-refractivity contribution in [3.63, 3.8) is 0 Å². The van der Waals surface area contributed by atoms with Crippen LogP contribution in [0.3, 0.4) is 0 Å². The molecule has 0 saturated heterocycles. The van der Waals surface area contributed by atoms with Gasteiger partial charge in [0.15, 0.2) is 0 Å². The largest absolute Gasteiger partial charge is 0.481 e. The summed E-state index contributed by atoms with van der Waals surface area (Å²) >= 11 is 0. The number of carboxylic acid groups (broad SMARTS) is 2. The molecule has 15 heteroatoms. The predicted molar refractivity (Wildman–Crippen MR) is 462 cm³/mol. The van der Waals surface area contributed by atoms with Crippen LogP contribution in [0.25, 0.3) is 0 Å². The highest BCUT2D eigenvalue weighted by molar-refractivity contribution is 5.69. The van der Waals surface area contributed by atoms with Gasteiger partial charge in [-0.3, -0.25) is 14.4 Å². The van der Waals surface area contributed by atoms with Crippen molar-refractivity contribution in [2.24, 2.45) is 0 Å².